The Hall–Kier alpha value is -3.02. The van der Waals surface area contributed by atoms with Gasteiger partial charge in [-0.05, 0) is 43.2 Å². The number of anilines is 1. The molecule has 1 N–H and O–H groups in total. The lowest BCUT2D eigenvalue weighted by atomic mass is 10.1. The van der Waals surface area contributed by atoms with Crippen LogP contribution in [-0.4, -0.2) is 44.0 Å². The van der Waals surface area contributed by atoms with E-state index in [1.807, 2.05) is 18.7 Å². The molecule has 0 unspecified atom stereocenters. The van der Waals surface area contributed by atoms with Gasteiger partial charge in [0.2, 0.25) is 0 Å². The second-order valence-corrected chi connectivity index (χ2v) is 6.40. The maximum Gasteiger partial charge on any atom is 0.255 e. The van der Waals surface area contributed by atoms with Crippen LogP contribution in [0.5, 0.6) is 11.5 Å². The molecule has 0 aliphatic carbocycles. The number of amides is 2. The van der Waals surface area contributed by atoms with Gasteiger partial charge in [-0.25, -0.2) is 0 Å². The maximum atomic E-state index is 12.8. The van der Waals surface area contributed by atoms with Gasteiger partial charge in [0, 0.05) is 36.0 Å². The Morgan fingerprint density at radius 1 is 0.893 bits per heavy atom. The Morgan fingerprint density at radius 2 is 1.54 bits per heavy atom. The van der Waals surface area contributed by atoms with E-state index < -0.39 is 0 Å². The summed E-state index contributed by atoms with van der Waals surface area (Å²) in [6, 6.07) is 11.9. The molecule has 2 aromatic carbocycles. The van der Waals surface area contributed by atoms with Crippen LogP contribution in [0.15, 0.2) is 42.5 Å². The minimum Gasteiger partial charge on any atom is -0.493 e. The third-order valence-corrected chi connectivity index (χ3v) is 4.29. The van der Waals surface area contributed by atoms with E-state index in [0.717, 1.165) is 12.8 Å². The van der Waals surface area contributed by atoms with Crippen molar-refractivity contribution >= 4 is 17.5 Å². The second kappa shape index (κ2) is 10.3. The highest BCUT2D eigenvalue weighted by Gasteiger charge is 2.16. The number of carbonyl (C=O) groups excluding carboxylic acids is 2. The summed E-state index contributed by atoms with van der Waals surface area (Å²) >= 11 is 0. The lowest BCUT2D eigenvalue weighted by Gasteiger charge is -2.21. The molecule has 0 spiro atoms. The van der Waals surface area contributed by atoms with Crippen LogP contribution in [0.1, 0.15) is 47.4 Å². The molecule has 0 aromatic heterocycles. The smallest absolute Gasteiger partial charge is 0.255 e. The molecule has 2 aromatic rings. The van der Waals surface area contributed by atoms with Gasteiger partial charge in [0.05, 0.1) is 14.2 Å². The highest BCUT2D eigenvalue weighted by molar-refractivity contribution is 6.06. The van der Waals surface area contributed by atoms with Crippen molar-refractivity contribution in [3.05, 3.63) is 53.6 Å². The molecular weight excluding hydrogens is 356 g/mol. The molecule has 0 aliphatic heterocycles. The topological polar surface area (TPSA) is 67.9 Å². The number of carbonyl (C=O) groups is 2. The van der Waals surface area contributed by atoms with Gasteiger partial charge in [0.25, 0.3) is 11.8 Å². The first-order valence-corrected chi connectivity index (χ1v) is 9.46. The standard InChI is InChI=1S/C22H28N2O4/c1-5-12-24(13-6-2)22(26)17-9-7-8-16(14-17)21(25)23-18-10-11-19(27-3)20(15-18)28-4/h7-11,14-15H,5-6,12-13H2,1-4H3,(H,23,25). The van der Waals surface area contributed by atoms with Crippen molar-refractivity contribution < 1.29 is 19.1 Å². The van der Waals surface area contributed by atoms with Crippen molar-refractivity contribution in [3.63, 3.8) is 0 Å². The predicted octanol–water partition coefficient (Wildman–Crippen LogP) is 4.22. The number of methoxy groups -OCH3 is 2. The van der Waals surface area contributed by atoms with Gasteiger partial charge < -0.3 is 19.7 Å². The highest BCUT2D eigenvalue weighted by Crippen LogP contribution is 2.29. The van der Waals surface area contributed by atoms with E-state index in [1.165, 1.54) is 7.11 Å². The number of nitrogens with zero attached hydrogens (tertiary/aromatic N) is 1. The highest BCUT2D eigenvalue weighted by atomic mass is 16.5. The van der Waals surface area contributed by atoms with Crippen molar-refractivity contribution in [1.82, 2.24) is 4.90 Å². The molecule has 0 atom stereocenters. The van der Waals surface area contributed by atoms with Crippen molar-refractivity contribution in [2.24, 2.45) is 0 Å². The van der Waals surface area contributed by atoms with Gasteiger partial charge in [0.1, 0.15) is 0 Å². The molecule has 0 bridgehead atoms. The molecule has 0 saturated carbocycles. The van der Waals surface area contributed by atoms with E-state index in [1.54, 1.807) is 49.6 Å². The van der Waals surface area contributed by atoms with Crippen LogP contribution in [0.25, 0.3) is 0 Å². The fraction of sp³-hybridized carbons (Fsp3) is 0.364. The molecule has 2 amide bonds. The predicted molar refractivity (Wildman–Crippen MR) is 110 cm³/mol. The summed E-state index contributed by atoms with van der Waals surface area (Å²) in [5.74, 6) is 0.767. The Bertz CT molecular complexity index is 814. The largest absolute Gasteiger partial charge is 0.493 e. The number of ether oxygens (including phenoxy) is 2. The number of nitrogens with one attached hydrogen (secondary N) is 1. The molecule has 2 rings (SSSR count). The van der Waals surface area contributed by atoms with Crippen molar-refractivity contribution in [1.29, 1.82) is 0 Å². The van der Waals surface area contributed by atoms with Crippen molar-refractivity contribution in [2.45, 2.75) is 26.7 Å². The summed E-state index contributed by atoms with van der Waals surface area (Å²) in [4.78, 5) is 27.3. The first-order valence-electron chi connectivity index (χ1n) is 9.46. The number of rotatable bonds is 9. The molecular formula is C22H28N2O4. The van der Waals surface area contributed by atoms with Gasteiger partial charge in [-0.3, -0.25) is 9.59 Å². The molecule has 0 heterocycles. The summed E-state index contributed by atoms with van der Waals surface area (Å²) in [7, 11) is 3.09. The molecule has 0 radical (unpaired) electrons. The molecule has 0 aliphatic rings. The number of hydrogen-bond donors (Lipinski definition) is 1. The maximum absolute atomic E-state index is 12.8. The summed E-state index contributed by atoms with van der Waals surface area (Å²) in [6.45, 7) is 5.50. The minimum atomic E-state index is -0.292. The Balaban J connectivity index is 2.18. The van der Waals surface area contributed by atoms with Crippen LogP contribution < -0.4 is 14.8 Å². The van der Waals surface area contributed by atoms with E-state index >= 15 is 0 Å². The average Bonchev–Trinajstić information content (AvgIpc) is 2.73. The van der Waals surface area contributed by atoms with Gasteiger partial charge in [-0.2, -0.15) is 0 Å². The molecule has 0 fully saturated rings. The zero-order valence-electron chi connectivity index (χ0n) is 17.0. The Morgan fingerprint density at radius 3 is 2.14 bits per heavy atom. The van der Waals surface area contributed by atoms with E-state index in [2.05, 4.69) is 5.32 Å². The van der Waals surface area contributed by atoms with Crippen molar-refractivity contribution in [3.8, 4) is 11.5 Å². The van der Waals surface area contributed by atoms with Crippen LogP contribution in [0.3, 0.4) is 0 Å². The quantitative estimate of drug-likeness (QED) is 0.703. The lowest BCUT2D eigenvalue weighted by Crippen LogP contribution is -2.32. The van der Waals surface area contributed by atoms with E-state index in [-0.39, 0.29) is 11.8 Å². The van der Waals surface area contributed by atoms with Crippen LogP contribution in [0, 0.1) is 0 Å². The molecule has 150 valence electrons. The van der Waals surface area contributed by atoms with Crippen LogP contribution in [0.2, 0.25) is 0 Å². The molecule has 0 saturated heterocycles. The van der Waals surface area contributed by atoms with Crippen LogP contribution in [-0.2, 0) is 0 Å². The van der Waals surface area contributed by atoms with Gasteiger partial charge >= 0.3 is 0 Å². The monoisotopic (exact) mass is 384 g/mol. The summed E-state index contributed by atoms with van der Waals surface area (Å²) in [6.07, 6.45) is 1.79. The average molecular weight is 384 g/mol. The van der Waals surface area contributed by atoms with E-state index in [0.29, 0.717) is 41.4 Å². The van der Waals surface area contributed by atoms with Gasteiger partial charge in [-0.1, -0.05) is 19.9 Å². The zero-order chi connectivity index (χ0) is 20.5. The third-order valence-electron chi connectivity index (χ3n) is 4.29. The minimum absolute atomic E-state index is 0.0514. The van der Waals surface area contributed by atoms with E-state index in [9.17, 15) is 9.59 Å². The fourth-order valence-corrected chi connectivity index (χ4v) is 2.95. The molecule has 6 heteroatoms. The van der Waals surface area contributed by atoms with E-state index in [4.69, 9.17) is 9.47 Å². The van der Waals surface area contributed by atoms with Gasteiger partial charge in [0.15, 0.2) is 11.5 Å². The zero-order valence-corrected chi connectivity index (χ0v) is 17.0. The summed E-state index contributed by atoms with van der Waals surface area (Å²) in [5.41, 5.74) is 1.52. The Kier molecular flexibility index (Phi) is 7.87. The first-order chi connectivity index (χ1) is 13.5. The number of benzene rings is 2. The molecule has 6 nitrogen and oxygen atoms in total. The fourth-order valence-electron chi connectivity index (χ4n) is 2.95. The number of hydrogen-bond acceptors (Lipinski definition) is 4. The molecule has 28 heavy (non-hydrogen) atoms. The lowest BCUT2D eigenvalue weighted by molar-refractivity contribution is 0.0755. The Labute approximate surface area is 166 Å². The van der Waals surface area contributed by atoms with Crippen molar-refractivity contribution in [2.75, 3.05) is 32.6 Å². The normalized spacial score (nSPS) is 10.3. The summed E-state index contributed by atoms with van der Waals surface area (Å²) < 4.78 is 10.5. The first kappa shape index (κ1) is 21.3. The van der Waals surface area contributed by atoms with Crippen LogP contribution in [0.4, 0.5) is 5.69 Å². The summed E-state index contributed by atoms with van der Waals surface area (Å²) in [5, 5.41) is 2.83. The second-order valence-electron chi connectivity index (χ2n) is 6.40. The van der Waals surface area contributed by atoms with Gasteiger partial charge in [-0.15, -0.1) is 0 Å². The van der Waals surface area contributed by atoms with Crippen LogP contribution >= 0.6 is 0 Å². The third kappa shape index (κ3) is 5.25. The SMILES string of the molecule is CCCN(CCC)C(=O)c1cccc(C(=O)Nc2ccc(OC)c(OC)c2)c1.